The molecule has 0 spiro atoms. The van der Waals surface area contributed by atoms with Gasteiger partial charge in [-0.3, -0.25) is 13.3 Å². The Hall–Kier alpha value is -0.250. The number of likely N-dealkylation sites (N-methyl/N-ethyl adjacent to an activating group) is 1. The highest BCUT2D eigenvalue weighted by molar-refractivity contribution is 7.79. The van der Waals surface area contributed by atoms with Gasteiger partial charge in [-0.15, -0.1) is 0 Å². The summed E-state index contributed by atoms with van der Waals surface area (Å²) in [6.45, 7) is 5.83. The van der Waals surface area contributed by atoms with Gasteiger partial charge in [0, 0.05) is 30.0 Å². The molecule has 98 valence electrons. The molecule has 1 fully saturated rings. The Morgan fingerprint density at radius 2 is 1.62 bits per heavy atom. The third-order valence-corrected chi connectivity index (χ3v) is 2.46. The van der Waals surface area contributed by atoms with Gasteiger partial charge in [0.05, 0.1) is 33.8 Å². The molecule has 0 atom stereocenters. The molecule has 8 heteroatoms. The van der Waals surface area contributed by atoms with Crippen LogP contribution in [-0.4, -0.2) is 85.4 Å². The number of β-amino-alcohol motifs (C(OH)–C–C–N with tert-alkyl or cyclic N) is 1. The fourth-order valence-electron chi connectivity index (χ4n) is 1.41. The highest BCUT2D eigenvalue weighted by Gasteiger charge is 2.23. The summed E-state index contributed by atoms with van der Waals surface area (Å²) in [5.41, 5.74) is 0. The van der Waals surface area contributed by atoms with Crippen molar-refractivity contribution >= 4 is 10.4 Å². The van der Waals surface area contributed by atoms with E-state index in [0.717, 1.165) is 24.1 Å². The summed E-state index contributed by atoms with van der Waals surface area (Å²) in [6.07, 6.45) is 0. The van der Waals surface area contributed by atoms with E-state index >= 15 is 0 Å². The minimum atomic E-state index is -5.17. The SMILES string of the molecule is C[N+]1(C)CCN(CCO)CC1.O=S(=O)([O-])[O-]. The van der Waals surface area contributed by atoms with E-state index < -0.39 is 10.4 Å². The van der Waals surface area contributed by atoms with Crippen LogP contribution in [0.1, 0.15) is 0 Å². The number of piperazine rings is 1. The molecular formula is C8H19N2O5S-. The van der Waals surface area contributed by atoms with Crippen LogP contribution in [-0.2, 0) is 10.4 Å². The fraction of sp³-hybridized carbons (Fsp3) is 1.00. The Labute approximate surface area is 96.4 Å². The molecule has 1 heterocycles. The van der Waals surface area contributed by atoms with E-state index in [9.17, 15) is 0 Å². The molecule has 1 rings (SSSR count). The molecule has 16 heavy (non-hydrogen) atoms. The van der Waals surface area contributed by atoms with Gasteiger partial charge < -0.3 is 18.7 Å². The summed E-state index contributed by atoms with van der Waals surface area (Å²) >= 11 is 0. The molecule has 0 aromatic heterocycles. The van der Waals surface area contributed by atoms with Crippen molar-refractivity contribution in [2.45, 2.75) is 0 Å². The molecule has 0 saturated carbocycles. The van der Waals surface area contributed by atoms with Crippen LogP contribution in [0.5, 0.6) is 0 Å². The van der Waals surface area contributed by atoms with E-state index in [4.69, 9.17) is 22.6 Å². The van der Waals surface area contributed by atoms with Crippen molar-refractivity contribution < 1.29 is 27.1 Å². The highest BCUT2D eigenvalue weighted by Crippen LogP contribution is 2.05. The van der Waals surface area contributed by atoms with E-state index in [1.54, 1.807) is 0 Å². The predicted molar refractivity (Wildman–Crippen MR) is 55.8 cm³/mol. The molecule has 0 aromatic carbocycles. The Kier molecular flexibility index (Phi) is 6.38. The third kappa shape index (κ3) is 10.3. The van der Waals surface area contributed by atoms with Gasteiger partial charge in [-0.25, -0.2) is 0 Å². The van der Waals surface area contributed by atoms with E-state index in [0.29, 0.717) is 6.61 Å². The third-order valence-electron chi connectivity index (χ3n) is 2.46. The first-order valence-corrected chi connectivity index (χ1v) is 6.29. The van der Waals surface area contributed by atoms with Gasteiger partial charge in [0.15, 0.2) is 0 Å². The number of quaternary nitrogens is 1. The number of hydrogen-bond acceptors (Lipinski definition) is 6. The molecular weight excluding hydrogens is 236 g/mol. The first-order valence-electron chi connectivity index (χ1n) is 4.96. The van der Waals surface area contributed by atoms with Crippen molar-refractivity contribution in [1.29, 1.82) is 0 Å². The monoisotopic (exact) mass is 255 g/mol. The van der Waals surface area contributed by atoms with Crippen molar-refractivity contribution in [2.75, 3.05) is 53.4 Å². The molecule has 0 radical (unpaired) electrons. The lowest BCUT2D eigenvalue weighted by Gasteiger charge is -2.38. The Balaban J connectivity index is 0.000000385. The minimum Gasteiger partial charge on any atom is -0.759 e. The Morgan fingerprint density at radius 1 is 1.25 bits per heavy atom. The smallest absolute Gasteiger partial charge is 0.0912 e. The van der Waals surface area contributed by atoms with E-state index in [-0.39, 0.29) is 0 Å². The number of nitrogens with zero attached hydrogens (tertiary/aromatic N) is 2. The fourth-order valence-corrected chi connectivity index (χ4v) is 1.41. The lowest BCUT2D eigenvalue weighted by molar-refractivity contribution is -0.894. The van der Waals surface area contributed by atoms with Gasteiger partial charge in [-0.2, -0.15) is 0 Å². The van der Waals surface area contributed by atoms with E-state index in [2.05, 4.69) is 19.0 Å². The summed E-state index contributed by atoms with van der Waals surface area (Å²) in [4.78, 5) is 2.32. The van der Waals surface area contributed by atoms with Gasteiger partial charge >= 0.3 is 0 Å². The van der Waals surface area contributed by atoms with Gasteiger partial charge in [0.25, 0.3) is 0 Å². The second-order valence-corrected chi connectivity index (χ2v) is 5.17. The van der Waals surface area contributed by atoms with Crippen LogP contribution >= 0.6 is 0 Å². The molecule has 1 N–H and O–H groups in total. The molecule has 1 aliphatic heterocycles. The molecule has 0 unspecified atom stereocenters. The number of aliphatic hydroxyl groups excluding tert-OH is 1. The normalized spacial score (nSPS) is 21.1. The summed E-state index contributed by atoms with van der Waals surface area (Å²) < 4.78 is 35.2. The Morgan fingerprint density at radius 3 is 1.94 bits per heavy atom. The second-order valence-electron chi connectivity index (χ2n) is 4.36. The number of hydrogen-bond donors (Lipinski definition) is 1. The van der Waals surface area contributed by atoms with Gasteiger partial charge in [0.2, 0.25) is 0 Å². The average molecular weight is 255 g/mol. The van der Waals surface area contributed by atoms with Gasteiger partial charge in [-0.05, 0) is 0 Å². The first kappa shape index (κ1) is 15.8. The standard InChI is InChI=1S/C8H19N2O.H2O4S/c1-10(2)6-3-9(4-7-10)5-8-11;1-5(2,3)4/h11H,3-8H2,1-2H3;(H2,1,2,3,4)/q+1;/p-2. The van der Waals surface area contributed by atoms with Gasteiger partial charge in [0.1, 0.15) is 0 Å². The number of aliphatic hydroxyl groups is 1. The van der Waals surface area contributed by atoms with Crippen LogP contribution in [0.3, 0.4) is 0 Å². The van der Waals surface area contributed by atoms with Crippen molar-refractivity contribution in [1.82, 2.24) is 4.90 Å². The van der Waals surface area contributed by atoms with Crippen molar-refractivity contribution in [2.24, 2.45) is 0 Å². The average Bonchev–Trinajstić information content (AvgIpc) is 2.06. The maximum atomic E-state index is 8.70. The van der Waals surface area contributed by atoms with Crippen LogP contribution in [0.4, 0.5) is 0 Å². The molecule has 0 bridgehead atoms. The van der Waals surface area contributed by atoms with Crippen LogP contribution in [0.15, 0.2) is 0 Å². The lowest BCUT2D eigenvalue weighted by Crippen LogP contribution is -2.55. The Bertz CT molecular complexity index is 273. The minimum absolute atomic E-state index is 0.299. The van der Waals surface area contributed by atoms with Gasteiger partial charge in [-0.1, -0.05) is 0 Å². The highest BCUT2D eigenvalue weighted by atomic mass is 32.3. The zero-order valence-electron chi connectivity index (χ0n) is 9.63. The molecule has 0 aromatic rings. The molecule has 0 aliphatic carbocycles. The topological polar surface area (TPSA) is 104 Å². The largest absolute Gasteiger partial charge is 0.759 e. The predicted octanol–water partition coefficient (Wildman–Crippen LogP) is -1.97. The molecule has 0 amide bonds. The molecule has 7 nitrogen and oxygen atoms in total. The zero-order chi connectivity index (χ0) is 12.8. The van der Waals surface area contributed by atoms with Crippen molar-refractivity contribution in [3.63, 3.8) is 0 Å². The molecule has 1 saturated heterocycles. The van der Waals surface area contributed by atoms with Crippen LogP contribution in [0.2, 0.25) is 0 Å². The van der Waals surface area contributed by atoms with Crippen molar-refractivity contribution in [3.8, 4) is 0 Å². The summed E-state index contributed by atoms with van der Waals surface area (Å²) in [5.74, 6) is 0. The maximum absolute atomic E-state index is 8.70. The maximum Gasteiger partial charge on any atom is 0.0912 e. The van der Waals surface area contributed by atoms with Crippen LogP contribution in [0, 0.1) is 0 Å². The zero-order valence-corrected chi connectivity index (χ0v) is 10.4. The summed E-state index contributed by atoms with van der Waals surface area (Å²) in [6, 6.07) is 0. The van der Waals surface area contributed by atoms with Crippen LogP contribution in [0.25, 0.3) is 0 Å². The van der Waals surface area contributed by atoms with Crippen LogP contribution < -0.4 is 0 Å². The molecule has 1 aliphatic rings. The van der Waals surface area contributed by atoms with E-state index in [1.165, 1.54) is 13.1 Å². The number of rotatable bonds is 2. The van der Waals surface area contributed by atoms with E-state index in [1.807, 2.05) is 0 Å². The summed E-state index contributed by atoms with van der Waals surface area (Å²) in [5, 5.41) is 8.70. The summed E-state index contributed by atoms with van der Waals surface area (Å²) in [7, 11) is -0.646. The van der Waals surface area contributed by atoms with Crippen molar-refractivity contribution in [3.05, 3.63) is 0 Å². The first-order chi connectivity index (χ1) is 7.14. The quantitative estimate of drug-likeness (QED) is 0.349. The lowest BCUT2D eigenvalue weighted by atomic mass is 10.3. The second kappa shape index (κ2) is 6.48.